The Morgan fingerprint density at radius 1 is 1.33 bits per heavy atom. The average Bonchev–Trinajstić information content (AvgIpc) is 2.68. The van der Waals surface area contributed by atoms with Gasteiger partial charge in [0, 0.05) is 6.92 Å². The van der Waals surface area contributed by atoms with E-state index in [1.165, 1.54) is 0 Å². The van der Waals surface area contributed by atoms with Crippen molar-refractivity contribution in [2.45, 2.75) is 6.92 Å². The number of aromatic nitrogens is 2. The smallest absolute Gasteiger partial charge is 0.352 e. The van der Waals surface area contributed by atoms with Gasteiger partial charge in [0.25, 0.3) is 5.89 Å². The summed E-state index contributed by atoms with van der Waals surface area (Å²) in [6.45, 7) is 1.86. The van der Waals surface area contributed by atoms with E-state index in [2.05, 4.69) is 6.07 Å². The highest BCUT2D eigenvalue weighted by atomic mass is 16.4. The fourth-order valence-corrected chi connectivity index (χ4v) is 2.06. The molecular formula is C11H12N3O+. The normalized spacial score (nSPS) is 11.6. The number of hydrogen-bond acceptors (Lipinski definition) is 2. The predicted molar refractivity (Wildman–Crippen MR) is 57.8 cm³/mol. The van der Waals surface area contributed by atoms with Crippen molar-refractivity contribution in [1.82, 2.24) is 4.57 Å². The monoisotopic (exact) mass is 202 g/mol. The van der Waals surface area contributed by atoms with Crippen molar-refractivity contribution in [2.24, 2.45) is 7.05 Å². The van der Waals surface area contributed by atoms with E-state index in [0.717, 1.165) is 22.1 Å². The first kappa shape index (κ1) is 8.35. The predicted octanol–water partition coefficient (Wildman–Crippen LogP) is 1.23. The maximum atomic E-state index is 5.91. The van der Waals surface area contributed by atoms with E-state index in [9.17, 15) is 0 Å². The summed E-state index contributed by atoms with van der Waals surface area (Å²) >= 11 is 0. The molecule has 2 heterocycles. The van der Waals surface area contributed by atoms with E-state index in [1.54, 1.807) is 4.68 Å². The van der Waals surface area contributed by atoms with Crippen molar-refractivity contribution in [3.8, 4) is 0 Å². The third-order valence-corrected chi connectivity index (χ3v) is 2.85. The molecule has 0 radical (unpaired) electrons. The number of nitrogen functional groups attached to an aromatic ring is 1. The molecule has 2 N–H and O–H groups in total. The van der Waals surface area contributed by atoms with Crippen LogP contribution in [0.3, 0.4) is 0 Å². The summed E-state index contributed by atoms with van der Waals surface area (Å²) in [6, 6.07) is 8.11. The lowest BCUT2D eigenvalue weighted by atomic mass is 10.2. The molecule has 0 unspecified atom stereocenters. The zero-order valence-electron chi connectivity index (χ0n) is 8.69. The van der Waals surface area contributed by atoms with E-state index >= 15 is 0 Å². The van der Waals surface area contributed by atoms with Gasteiger partial charge in [-0.05, 0) is 12.1 Å². The van der Waals surface area contributed by atoms with Crippen molar-refractivity contribution in [3.05, 3.63) is 30.2 Å². The average molecular weight is 202 g/mol. The number of benzene rings is 1. The lowest BCUT2D eigenvalue weighted by Crippen LogP contribution is -2.46. The van der Waals surface area contributed by atoms with Crippen LogP contribution >= 0.6 is 0 Å². The molecule has 0 saturated carbocycles. The van der Waals surface area contributed by atoms with Gasteiger partial charge in [-0.2, -0.15) is 0 Å². The van der Waals surface area contributed by atoms with Crippen molar-refractivity contribution >= 4 is 22.1 Å². The highest BCUT2D eigenvalue weighted by Crippen LogP contribution is 2.26. The molecule has 76 valence electrons. The Kier molecular flexibility index (Phi) is 1.41. The Balaban J connectivity index is 2.67. The summed E-state index contributed by atoms with van der Waals surface area (Å²) in [7, 11) is 1.99. The summed E-state index contributed by atoms with van der Waals surface area (Å²) in [5.41, 5.74) is 2.90. The number of hydrogen-bond donors (Lipinski definition) is 1. The Bertz CT molecular complexity index is 663. The van der Waals surface area contributed by atoms with Gasteiger partial charge in [0.15, 0.2) is 0 Å². The lowest BCUT2D eigenvalue weighted by Gasteiger charge is -1.91. The van der Waals surface area contributed by atoms with E-state index in [4.69, 9.17) is 10.3 Å². The van der Waals surface area contributed by atoms with Gasteiger partial charge in [-0.1, -0.05) is 16.8 Å². The van der Waals surface area contributed by atoms with Crippen molar-refractivity contribution < 1.29 is 9.09 Å². The first-order valence-corrected chi connectivity index (χ1v) is 4.84. The van der Waals surface area contributed by atoms with Crippen LogP contribution in [0.1, 0.15) is 5.89 Å². The molecule has 3 rings (SSSR count). The molecule has 0 amide bonds. The van der Waals surface area contributed by atoms with Crippen LogP contribution in [0.2, 0.25) is 0 Å². The maximum absolute atomic E-state index is 5.91. The molecule has 3 aromatic rings. The third kappa shape index (κ3) is 0.883. The van der Waals surface area contributed by atoms with E-state index in [-0.39, 0.29) is 0 Å². The van der Waals surface area contributed by atoms with E-state index in [0.29, 0.717) is 5.89 Å². The number of aryl methyl sites for hydroxylation is 2. The third-order valence-electron chi connectivity index (χ3n) is 2.85. The number of nitrogens with two attached hydrogens (primary N) is 1. The SMILES string of the molecule is Cc1oc2c3ccccc3n(C)c2[n+]1N. The van der Waals surface area contributed by atoms with Gasteiger partial charge in [0.2, 0.25) is 5.58 Å². The molecule has 0 saturated heterocycles. The zero-order valence-corrected chi connectivity index (χ0v) is 8.69. The van der Waals surface area contributed by atoms with Crippen LogP contribution < -0.4 is 10.5 Å². The Labute approximate surface area is 86.5 Å². The fourth-order valence-electron chi connectivity index (χ4n) is 2.06. The molecule has 15 heavy (non-hydrogen) atoms. The second-order valence-corrected chi connectivity index (χ2v) is 3.72. The molecule has 4 nitrogen and oxygen atoms in total. The van der Waals surface area contributed by atoms with Crippen LogP contribution in [0.5, 0.6) is 0 Å². The van der Waals surface area contributed by atoms with Crippen LogP contribution in [-0.2, 0) is 7.05 Å². The number of rotatable bonds is 0. The van der Waals surface area contributed by atoms with Crippen molar-refractivity contribution in [1.29, 1.82) is 0 Å². The summed E-state index contributed by atoms with van der Waals surface area (Å²) in [6.07, 6.45) is 0. The van der Waals surface area contributed by atoms with Gasteiger partial charge < -0.3 is 4.42 Å². The van der Waals surface area contributed by atoms with E-state index in [1.807, 2.05) is 36.7 Å². The van der Waals surface area contributed by atoms with Gasteiger partial charge in [0.05, 0.1) is 12.4 Å². The van der Waals surface area contributed by atoms with Gasteiger partial charge >= 0.3 is 5.65 Å². The van der Waals surface area contributed by atoms with Crippen LogP contribution in [0.15, 0.2) is 28.7 Å². The lowest BCUT2D eigenvalue weighted by molar-refractivity contribution is -0.627. The minimum absolute atomic E-state index is 0.710. The van der Waals surface area contributed by atoms with Crippen molar-refractivity contribution in [3.63, 3.8) is 0 Å². The zero-order chi connectivity index (χ0) is 10.6. The highest BCUT2D eigenvalue weighted by Gasteiger charge is 2.23. The van der Waals surface area contributed by atoms with Gasteiger partial charge in [-0.25, -0.2) is 4.57 Å². The first-order chi connectivity index (χ1) is 7.20. The first-order valence-electron chi connectivity index (χ1n) is 4.84. The Morgan fingerprint density at radius 3 is 2.87 bits per heavy atom. The minimum atomic E-state index is 0.710. The van der Waals surface area contributed by atoms with Gasteiger partial charge in [-0.3, -0.25) is 5.84 Å². The maximum Gasteiger partial charge on any atom is 0.352 e. The topological polar surface area (TPSA) is 48.0 Å². The molecule has 2 aromatic heterocycles. The molecule has 0 atom stereocenters. The number of para-hydroxylation sites is 1. The largest absolute Gasteiger partial charge is 0.415 e. The molecule has 0 aliphatic carbocycles. The highest BCUT2D eigenvalue weighted by molar-refractivity contribution is 6.02. The van der Waals surface area contributed by atoms with Gasteiger partial charge in [0.1, 0.15) is 5.52 Å². The molecule has 0 aliphatic rings. The molecule has 4 heteroatoms. The van der Waals surface area contributed by atoms with Crippen LogP contribution in [-0.4, -0.2) is 4.57 Å². The number of nitrogens with zero attached hydrogens (tertiary/aromatic N) is 2. The van der Waals surface area contributed by atoms with Crippen LogP contribution in [0, 0.1) is 6.92 Å². The summed E-state index contributed by atoms with van der Waals surface area (Å²) in [5.74, 6) is 6.61. The molecule has 0 bridgehead atoms. The standard InChI is InChI=1S/C11H12N3O/c1-7-14(12)11-10(15-7)8-5-3-4-6-9(8)13(11)2/h3-6H,12H2,1-2H3/q+1. The Hall–Kier alpha value is -1.97. The quantitative estimate of drug-likeness (QED) is 0.440. The van der Waals surface area contributed by atoms with E-state index < -0.39 is 0 Å². The molecule has 0 aliphatic heterocycles. The Morgan fingerprint density at radius 2 is 2.07 bits per heavy atom. The minimum Gasteiger partial charge on any atom is -0.415 e. The number of fused-ring (bicyclic) bond motifs is 3. The summed E-state index contributed by atoms with van der Waals surface area (Å²) < 4.78 is 9.27. The second kappa shape index (κ2) is 2.53. The molecule has 0 spiro atoms. The molecule has 1 aromatic carbocycles. The molecule has 0 fully saturated rings. The fraction of sp³-hybridized carbons (Fsp3) is 0.182. The van der Waals surface area contributed by atoms with Crippen LogP contribution in [0.4, 0.5) is 0 Å². The summed E-state index contributed by atoms with van der Waals surface area (Å²) in [4.78, 5) is 0. The number of oxazole rings is 1. The molecular weight excluding hydrogens is 190 g/mol. The van der Waals surface area contributed by atoms with Crippen LogP contribution in [0.25, 0.3) is 22.1 Å². The second-order valence-electron chi connectivity index (χ2n) is 3.72. The van der Waals surface area contributed by atoms with Gasteiger partial charge in [-0.15, -0.1) is 0 Å². The van der Waals surface area contributed by atoms with Crippen molar-refractivity contribution in [2.75, 3.05) is 5.84 Å². The summed E-state index contributed by atoms with van der Waals surface area (Å²) in [5, 5.41) is 1.10.